The lowest BCUT2D eigenvalue weighted by Crippen LogP contribution is -2.33. The maximum absolute atomic E-state index is 12.4. The Balaban J connectivity index is 1.22. The molecular formula is C29H34N4O. The molecule has 1 N–H and O–H groups in total. The summed E-state index contributed by atoms with van der Waals surface area (Å²) in [6.45, 7) is 3.19. The molecule has 3 aromatic rings. The van der Waals surface area contributed by atoms with Gasteiger partial charge < -0.3 is 4.90 Å². The number of hydrazone groups is 1. The first kappa shape index (κ1) is 23.7. The fourth-order valence-corrected chi connectivity index (χ4v) is 4.40. The fraction of sp³-hybridized carbons (Fsp3) is 0.310. The van der Waals surface area contributed by atoms with Crippen molar-refractivity contribution in [2.75, 3.05) is 32.1 Å². The minimum atomic E-state index is -0.200. The van der Waals surface area contributed by atoms with Gasteiger partial charge in [-0.05, 0) is 79.2 Å². The van der Waals surface area contributed by atoms with Gasteiger partial charge in [0.05, 0.1) is 6.21 Å². The van der Waals surface area contributed by atoms with Gasteiger partial charge in [0.15, 0.2) is 0 Å². The van der Waals surface area contributed by atoms with Crippen molar-refractivity contribution in [2.24, 2.45) is 11.0 Å². The van der Waals surface area contributed by atoms with Crippen LogP contribution in [0.3, 0.4) is 0 Å². The fourth-order valence-electron chi connectivity index (χ4n) is 4.40. The van der Waals surface area contributed by atoms with Crippen molar-refractivity contribution >= 4 is 17.8 Å². The van der Waals surface area contributed by atoms with Gasteiger partial charge >= 0.3 is 0 Å². The molecule has 0 bridgehead atoms. The van der Waals surface area contributed by atoms with Crippen LogP contribution in [-0.2, 0) is 13.0 Å². The van der Waals surface area contributed by atoms with E-state index >= 15 is 0 Å². The Morgan fingerprint density at radius 1 is 0.941 bits per heavy atom. The number of carbonyl (C=O) groups is 1. The number of rotatable bonds is 8. The average molecular weight is 455 g/mol. The van der Waals surface area contributed by atoms with Crippen LogP contribution in [0.15, 0.2) is 84.0 Å². The normalized spacial score (nSPS) is 14.9. The van der Waals surface area contributed by atoms with Crippen LogP contribution >= 0.6 is 0 Å². The number of anilines is 1. The van der Waals surface area contributed by atoms with Gasteiger partial charge in [-0.2, -0.15) is 5.10 Å². The standard InChI is InChI=1S/C29H34N4O/c1-32(2)28-14-10-25(11-15-28)21-30-31-29(34)27-12-8-26(9-13-27)22-33-18-16-24(17-19-33)20-23-6-4-3-5-7-23/h3-15,21,24H,16-20,22H2,1-2H3,(H,31,34)/b30-21-. The molecule has 34 heavy (non-hydrogen) atoms. The molecule has 176 valence electrons. The first-order chi connectivity index (χ1) is 16.6. The summed E-state index contributed by atoms with van der Waals surface area (Å²) in [6, 6.07) is 26.7. The van der Waals surface area contributed by atoms with Crippen LogP contribution in [0.5, 0.6) is 0 Å². The molecule has 5 heteroatoms. The number of nitrogens with zero attached hydrogens (tertiary/aromatic N) is 3. The number of likely N-dealkylation sites (tertiary alicyclic amines) is 1. The van der Waals surface area contributed by atoms with Crippen LogP contribution in [0.1, 0.15) is 39.9 Å². The van der Waals surface area contributed by atoms with E-state index in [0.717, 1.165) is 36.8 Å². The number of piperidine rings is 1. The van der Waals surface area contributed by atoms with E-state index in [-0.39, 0.29) is 5.91 Å². The predicted octanol–water partition coefficient (Wildman–Crippen LogP) is 4.97. The maximum atomic E-state index is 12.4. The van der Waals surface area contributed by atoms with E-state index in [1.165, 1.54) is 30.4 Å². The van der Waals surface area contributed by atoms with E-state index < -0.39 is 0 Å². The van der Waals surface area contributed by atoms with Gasteiger partial charge in [0.1, 0.15) is 0 Å². The van der Waals surface area contributed by atoms with Crippen LogP contribution in [0.25, 0.3) is 0 Å². The molecule has 5 nitrogen and oxygen atoms in total. The Morgan fingerprint density at radius 2 is 1.62 bits per heavy atom. The van der Waals surface area contributed by atoms with Gasteiger partial charge in [-0.3, -0.25) is 9.69 Å². The Labute approximate surface area is 203 Å². The first-order valence-electron chi connectivity index (χ1n) is 12.0. The number of nitrogens with one attached hydrogen (secondary N) is 1. The molecule has 1 amide bonds. The molecule has 0 aliphatic carbocycles. The third kappa shape index (κ3) is 6.78. The zero-order valence-electron chi connectivity index (χ0n) is 20.2. The molecule has 1 aliphatic rings. The Kier molecular flexibility index (Phi) is 8.10. The second-order valence-electron chi connectivity index (χ2n) is 9.29. The van der Waals surface area contributed by atoms with Gasteiger partial charge in [-0.1, -0.05) is 54.6 Å². The second-order valence-corrected chi connectivity index (χ2v) is 9.29. The summed E-state index contributed by atoms with van der Waals surface area (Å²) in [5, 5.41) is 4.10. The smallest absolute Gasteiger partial charge is 0.271 e. The predicted molar refractivity (Wildman–Crippen MR) is 140 cm³/mol. The van der Waals surface area contributed by atoms with Crippen LogP contribution in [0.2, 0.25) is 0 Å². The molecular weight excluding hydrogens is 420 g/mol. The zero-order valence-corrected chi connectivity index (χ0v) is 20.2. The quantitative estimate of drug-likeness (QED) is 0.386. The van der Waals surface area contributed by atoms with Crippen molar-refractivity contribution in [3.63, 3.8) is 0 Å². The Bertz CT molecular complexity index is 1070. The molecule has 1 saturated heterocycles. The Hall–Kier alpha value is -3.44. The highest BCUT2D eigenvalue weighted by Crippen LogP contribution is 2.23. The van der Waals surface area contributed by atoms with Crippen molar-refractivity contribution in [3.05, 3.63) is 101 Å². The van der Waals surface area contributed by atoms with Crippen molar-refractivity contribution in [2.45, 2.75) is 25.8 Å². The molecule has 0 unspecified atom stereocenters. The van der Waals surface area contributed by atoms with Gasteiger partial charge in [-0.15, -0.1) is 0 Å². The molecule has 3 aromatic carbocycles. The number of amides is 1. The third-order valence-electron chi connectivity index (χ3n) is 6.49. The molecule has 1 fully saturated rings. The minimum Gasteiger partial charge on any atom is -0.378 e. The van der Waals surface area contributed by atoms with E-state index in [1.54, 1.807) is 6.21 Å². The lowest BCUT2D eigenvalue weighted by Gasteiger charge is -2.32. The highest BCUT2D eigenvalue weighted by molar-refractivity contribution is 5.94. The van der Waals surface area contributed by atoms with E-state index in [4.69, 9.17) is 0 Å². The molecule has 0 aromatic heterocycles. The maximum Gasteiger partial charge on any atom is 0.271 e. The van der Waals surface area contributed by atoms with E-state index in [2.05, 4.69) is 57.9 Å². The lowest BCUT2D eigenvalue weighted by atomic mass is 9.90. The molecule has 4 rings (SSSR count). The topological polar surface area (TPSA) is 47.9 Å². The van der Waals surface area contributed by atoms with E-state index in [1.807, 2.05) is 55.4 Å². The number of benzene rings is 3. The van der Waals surface area contributed by atoms with Crippen molar-refractivity contribution in [1.29, 1.82) is 0 Å². The van der Waals surface area contributed by atoms with E-state index in [0.29, 0.717) is 5.56 Å². The van der Waals surface area contributed by atoms with Gasteiger partial charge in [0.2, 0.25) is 0 Å². The number of hydrogen-bond donors (Lipinski definition) is 1. The molecule has 1 heterocycles. The van der Waals surface area contributed by atoms with Crippen molar-refractivity contribution in [1.82, 2.24) is 10.3 Å². The lowest BCUT2D eigenvalue weighted by molar-refractivity contribution is 0.0955. The SMILES string of the molecule is CN(C)c1ccc(/C=N\NC(=O)c2ccc(CN3CCC(Cc4ccccc4)CC3)cc2)cc1. The van der Waals surface area contributed by atoms with Gasteiger partial charge in [0, 0.05) is 31.9 Å². The van der Waals surface area contributed by atoms with Crippen LogP contribution in [0.4, 0.5) is 5.69 Å². The van der Waals surface area contributed by atoms with Crippen molar-refractivity contribution < 1.29 is 4.79 Å². The van der Waals surface area contributed by atoms with E-state index in [9.17, 15) is 4.79 Å². The number of hydrogen-bond acceptors (Lipinski definition) is 4. The summed E-state index contributed by atoms with van der Waals surface area (Å²) >= 11 is 0. The summed E-state index contributed by atoms with van der Waals surface area (Å²) < 4.78 is 0. The summed E-state index contributed by atoms with van der Waals surface area (Å²) in [7, 11) is 4.01. The van der Waals surface area contributed by atoms with Gasteiger partial charge in [0.25, 0.3) is 5.91 Å². The van der Waals surface area contributed by atoms with Crippen LogP contribution in [-0.4, -0.2) is 44.2 Å². The summed E-state index contributed by atoms with van der Waals surface area (Å²) in [5.74, 6) is 0.575. The van der Waals surface area contributed by atoms with Crippen molar-refractivity contribution in [3.8, 4) is 0 Å². The highest BCUT2D eigenvalue weighted by Gasteiger charge is 2.19. The summed E-state index contributed by atoms with van der Waals surface area (Å²) in [4.78, 5) is 17.0. The number of carbonyl (C=O) groups excluding carboxylic acids is 1. The summed E-state index contributed by atoms with van der Waals surface area (Å²) in [5.41, 5.74) is 7.98. The minimum absolute atomic E-state index is 0.200. The monoisotopic (exact) mass is 454 g/mol. The van der Waals surface area contributed by atoms with Crippen LogP contribution < -0.4 is 10.3 Å². The average Bonchev–Trinajstić information content (AvgIpc) is 2.86. The molecule has 0 spiro atoms. The molecule has 1 aliphatic heterocycles. The second kappa shape index (κ2) is 11.6. The molecule has 0 radical (unpaired) electrons. The van der Waals surface area contributed by atoms with Crippen LogP contribution in [0, 0.1) is 5.92 Å². The first-order valence-corrected chi connectivity index (χ1v) is 12.0. The summed E-state index contributed by atoms with van der Waals surface area (Å²) in [6.07, 6.45) is 5.33. The Morgan fingerprint density at radius 3 is 2.26 bits per heavy atom. The third-order valence-corrected chi connectivity index (χ3v) is 6.49. The zero-order chi connectivity index (χ0) is 23.8. The molecule has 0 saturated carbocycles. The van der Waals surface area contributed by atoms with Gasteiger partial charge in [-0.25, -0.2) is 5.43 Å². The molecule has 0 atom stereocenters. The highest BCUT2D eigenvalue weighted by atomic mass is 16.2. The largest absolute Gasteiger partial charge is 0.378 e.